The molecule has 120 valence electrons. The smallest absolute Gasteiger partial charge is 0.625 e. The second-order valence-corrected chi connectivity index (χ2v) is 7.76. The van der Waals surface area contributed by atoms with Crippen LogP contribution in [0, 0.1) is 0 Å². The van der Waals surface area contributed by atoms with Gasteiger partial charge in [-0.25, -0.2) is 12.1 Å². The van der Waals surface area contributed by atoms with E-state index in [1.54, 1.807) is 0 Å². The summed E-state index contributed by atoms with van der Waals surface area (Å²) in [7, 11) is 8.24. The van der Waals surface area contributed by atoms with E-state index in [9.17, 15) is 4.89 Å². The van der Waals surface area contributed by atoms with E-state index >= 15 is 0 Å². The van der Waals surface area contributed by atoms with Crippen LogP contribution in [0.4, 0.5) is 0 Å². The topological polar surface area (TPSA) is 23.1 Å². The molecule has 3 rings (SSSR count). The summed E-state index contributed by atoms with van der Waals surface area (Å²) in [6.45, 7) is 0. The van der Waals surface area contributed by atoms with Crippen LogP contribution in [0.2, 0.25) is 0 Å². The minimum atomic E-state index is -1.38. The molecule has 22 heavy (non-hydrogen) atoms. The molecule has 0 radical (unpaired) electrons. The van der Waals surface area contributed by atoms with Crippen molar-refractivity contribution in [2.75, 3.05) is 0 Å². The summed E-state index contributed by atoms with van der Waals surface area (Å²) in [6, 6.07) is 19.5. The van der Waals surface area contributed by atoms with Gasteiger partial charge < -0.3 is 4.89 Å². The maximum Gasteiger partial charge on any atom is 2.00 e. The molecule has 0 aliphatic heterocycles. The molecule has 0 saturated carbocycles. The fourth-order valence-electron chi connectivity index (χ4n) is 1.53. The molecule has 1 nitrogen and oxygen atoms in total. The predicted molar refractivity (Wildman–Crippen MR) is 90.0 cm³/mol. The Morgan fingerprint density at radius 1 is 0.909 bits per heavy atom. The maximum absolute atomic E-state index is 11.9. The van der Waals surface area contributed by atoms with Crippen molar-refractivity contribution in [1.29, 1.82) is 0 Å². The Morgan fingerprint density at radius 3 is 1.82 bits per heavy atom. The van der Waals surface area contributed by atoms with Crippen LogP contribution in [-0.2, 0) is 33.0 Å². The normalized spacial score (nSPS) is 11.8. The van der Waals surface area contributed by atoms with Crippen molar-refractivity contribution in [3.8, 4) is 0 Å². The fourth-order valence-corrected chi connectivity index (χ4v) is 2.72. The zero-order valence-corrected chi connectivity index (χ0v) is 16.4. The molecule has 6 heteroatoms. The average Bonchev–Trinajstić information content (AvgIpc) is 3.24. The first-order valence-corrected chi connectivity index (χ1v) is 11.3. The van der Waals surface area contributed by atoms with Crippen molar-refractivity contribution in [3.63, 3.8) is 0 Å². The average molecular weight is 486 g/mol. The Labute approximate surface area is 159 Å². The zero-order chi connectivity index (χ0) is 15.3. The molecule has 0 spiro atoms. The Kier molecular flexibility index (Phi) is 14.5. The molecule has 1 aliphatic carbocycles. The van der Waals surface area contributed by atoms with Crippen LogP contribution in [0.25, 0.3) is 0 Å². The van der Waals surface area contributed by atoms with E-state index in [0.29, 0.717) is 0 Å². The summed E-state index contributed by atoms with van der Waals surface area (Å²) < 4.78 is 0. The second-order valence-electron chi connectivity index (χ2n) is 3.78. The summed E-state index contributed by atoms with van der Waals surface area (Å²) in [4.78, 5) is 11.9. The van der Waals surface area contributed by atoms with Gasteiger partial charge in [0.2, 0.25) is 0 Å². The van der Waals surface area contributed by atoms with Crippen LogP contribution in [0.1, 0.15) is 0 Å². The van der Waals surface area contributed by atoms with Gasteiger partial charge in [-0.05, 0) is 24.3 Å². The Balaban J connectivity index is 0.000000411. The number of rotatable bonds is 1. The van der Waals surface area contributed by atoms with Gasteiger partial charge in [-0.1, -0.05) is 30.4 Å². The SMILES string of the molecule is [Cl][Pd][Cl].[Fe+2].[O-][P+](=C1C=CC=C1)c1ccccc1.c1cc[cH-]c1. The van der Waals surface area contributed by atoms with E-state index in [1.165, 1.54) is 0 Å². The molecular formula is C16H14Cl2FeOPPd+. The van der Waals surface area contributed by atoms with E-state index in [2.05, 4.69) is 0 Å². The van der Waals surface area contributed by atoms with Gasteiger partial charge in [-0.2, -0.15) is 18.2 Å². The largest absolute Gasteiger partial charge is 2.00 e. The molecule has 0 bridgehead atoms. The van der Waals surface area contributed by atoms with Crippen LogP contribution < -0.4 is 10.2 Å². The minimum Gasteiger partial charge on any atom is -0.625 e. The van der Waals surface area contributed by atoms with E-state index in [4.69, 9.17) is 19.1 Å². The van der Waals surface area contributed by atoms with Crippen molar-refractivity contribution in [2.45, 2.75) is 0 Å². The van der Waals surface area contributed by atoms with E-state index in [0.717, 1.165) is 10.6 Å². The predicted octanol–water partition coefficient (Wildman–Crippen LogP) is 4.15. The first kappa shape index (κ1) is 21.9. The first-order valence-electron chi connectivity index (χ1n) is 6.02. The van der Waals surface area contributed by atoms with Gasteiger partial charge in [0, 0.05) is 0 Å². The summed E-state index contributed by atoms with van der Waals surface area (Å²) in [5.74, 6) is 0. The molecule has 0 aromatic heterocycles. The first-order chi connectivity index (χ1) is 10.3. The van der Waals surface area contributed by atoms with Crippen molar-refractivity contribution in [2.24, 2.45) is 0 Å². The van der Waals surface area contributed by atoms with E-state index in [-0.39, 0.29) is 33.0 Å². The molecule has 1 atom stereocenters. The van der Waals surface area contributed by atoms with Crippen LogP contribution in [0.3, 0.4) is 0 Å². The fraction of sp³-hybridized carbons (Fsp3) is 0. The number of hydrogen-bond donors (Lipinski definition) is 0. The van der Waals surface area contributed by atoms with Crippen LogP contribution in [0.15, 0.2) is 85.0 Å². The van der Waals surface area contributed by atoms with Gasteiger partial charge in [-0.15, -0.1) is 0 Å². The van der Waals surface area contributed by atoms with Crippen LogP contribution in [-0.4, -0.2) is 5.29 Å². The van der Waals surface area contributed by atoms with Crippen molar-refractivity contribution in [1.82, 2.24) is 0 Å². The van der Waals surface area contributed by atoms with Gasteiger partial charge in [0.15, 0.2) is 0 Å². The molecule has 0 fully saturated rings. The van der Waals surface area contributed by atoms with Crippen molar-refractivity contribution < 1.29 is 37.9 Å². The molecule has 0 N–H and O–H groups in total. The number of hydrogen-bond acceptors (Lipinski definition) is 1. The van der Waals surface area contributed by atoms with Gasteiger partial charge in [0.05, 0.1) is 7.77 Å². The number of benzene rings is 1. The Morgan fingerprint density at radius 2 is 1.41 bits per heavy atom. The third-order valence-electron chi connectivity index (χ3n) is 2.43. The monoisotopic (exact) mass is 485 g/mol. The van der Waals surface area contributed by atoms with Crippen molar-refractivity contribution >= 4 is 37.4 Å². The molecule has 0 saturated heterocycles. The third kappa shape index (κ3) is 9.16. The molecule has 0 amide bonds. The maximum atomic E-state index is 11.9. The molecule has 0 heterocycles. The molecule has 1 unspecified atom stereocenters. The Hall–Kier alpha value is -0.0582. The van der Waals surface area contributed by atoms with Crippen molar-refractivity contribution in [3.05, 3.63) is 85.0 Å². The number of allylic oxidation sites excluding steroid dienone is 4. The Bertz CT molecular complexity index is 552. The minimum absolute atomic E-state index is 0. The molecular weight excluding hydrogens is 472 g/mol. The van der Waals surface area contributed by atoms with Crippen LogP contribution >= 0.6 is 26.8 Å². The molecule has 2 aromatic rings. The second kappa shape index (κ2) is 14.5. The molecule has 2 aromatic carbocycles. The van der Waals surface area contributed by atoms with E-state index < -0.39 is 7.77 Å². The quantitative estimate of drug-likeness (QED) is 0.338. The zero-order valence-electron chi connectivity index (χ0n) is 11.4. The van der Waals surface area contributed by atoms with Gasteiger partial charge in [-0.3, -0.25) is 0 Å². The summed E-state index contributed by atoms with van der Waals surface area (Å²) in [5.41, 5.74) is 0. The van der Waals surface area contributed by atoms with Crippen LogP contribution in [0.5, 0.6) is 0 Å². The van der Waals surface area contributed by atoms with Gasteiger partial charge in [0.1, 0.15) is 10.6 Å². The third-order valence-corrected chi connectivity index (χ3v) is 3.96. The summed E-state index contributed by atoms with van der Waals surface area (Å²) in [6.07, 6.45) is 7.61. The van der Waals surface area contributed by atoms with Gasteiger partial charge >= 0.3 is 52.1 Å². The van der Waals surface area contributed by atoms with E-state index in [1.807, 2.05) is 85.0 Å². The molecule has 1 aliphatic rings. The number of halogens is 2. The summed E-state index contributed by atoms with van der Waals surface area (Å²) >= 11 is -0.106. The standard InChI is InChI=1S/C11H9OP.C5H5.2ClH.Fe.Pd/c12-13(11-8-4-5-9-11)10-6-2-1-3-7-10;1-2-4-5-3-1;;;;/h1-9H;1-5H;2*1H;;/q;-1;;;2*+2/p-2. The van der Waals surface area contributed by atoms with Gasteiger partial charge in [0.25, 0.3) is 0 Å². The summed E-state index contributed by atoms with van der Waals surface area (Å²) in [5, 5.41) is 1.80.